The van der Waals surface area contributed by atoms with Crippen molar-refractivity contribution in [2.75, 3.05) is 6.54 Å². The second kappa shape index (κ2) is 5.31. The van der Waals surface area contributed by atoms with Crippen LogP contribution in [0.25, 0.3) is 6.08 Å². The Kier molecular flexibility index (Phi) is 3.37. The summed E-state index contributed by atoms with van der Waals surface area (Å²) in [5.74, 6) is 0.441. The molecule has 2 aromatic carbocycles. The minimum atomic E-state index is 0.441. The number of hydrogen-bond donors (Lipinski definition) is 1. The van der Waals surface area contributed by atoms with Gasteiger partial charge in [-0.05, 0) is 41.0 Å². The van der Waals surface area contributed by atoms with Crippen molar-refractivity contribution in [2.24, 2.45) is 0 Å². The lowest BCUT2D eigenvalue weighted by Gasteiger charge is -2.14. The molecule has 1 atom stereocenters. The van der Waals surface area contributed by atoms with Crippen molar-refractivity contribution >= 4 is 6.08 Å². The molecular weight excluding hydrogens is 230 g/mol. The molecule has 1 aliphatic heterocycles. The van der Waals surface area contributed by atoms with E-state index >= 15 is 0 Å². The molecule has 19 heavy (non-hydrogen) atoms. The zero-order chi connectivity index (χ0) is 13.1. The molecule has 1 nitrogen and oxygen atoms in total. The maximum absolute atomic E-state index is 3.29. The Labute approximate surface area is 115 Å². The lowest BCUT2D eigenvalue weighted by Crippen LogP contribution is -2.07. The van der Waals surface area contributed by atoms with Crippen molar-refractivity contribution in [2.45, 2.75) is 19.3 Å². The van der Waals surface area contributed by atoms with Gasteiger partial charge in [-0.1, -0.05) is 55.5 Å². The van der Waals surface area contributed by atoms with Crippen LogP contribution in [0.1, 0.15) is 35.1 Å². The number of nitrogens with one attached hydrogen (secondary N) is 1. The first kappa shape index (κ1) is 12.0. The summed E-state index contributed by atoms with van der Waals surface area (Å²) >= 11 is 0. The van der Waals surface area contributed by atoms with E-state index in [4.69, 9.17) is 0 Å². The summed E-state index contributed by atoms with van der Waals surface area (Å²) in [6.45, 7) is 3.30. The fourth-order valence-corrected chi connectivity index (χ4v) is 2.64. The summed E-state index contributed by atoms with van der Waals surface area (Å²) < 4.78 is 0. The zero-order valence-electron chi connectivity index (χ0n) is 11.3. The minimum Gasteiger partial charge on any atom is -0.391 e. The van der Waals surface area contributed by atoms with E-state index in [0.717, 1.165) is 13.0 Å². The molecule has 0 amide bonds. The molecule has 1 aliphatic rings. The van der Waals surface area contributed by atoms with Crippen molar-refractivity contribution in [1.29, 1.82) is 0 Å². The number of rotatable bonds is 2. The predicted molar refractivity (Wildman–Crippen MR) is 81.1 cm³/mol. The summed E-state index contributed by atoms with van der Waals surface area (Å²) in [5, 5.41) is 3.29. The van der Waals surface area contributed by atoms with Crippen LogP contribution in [-0.2, 0) is 6.42 Å². The van der Waals surface area contributed by atoms with Crippen LogP contribution in [-0.4, -0.2) is 6.54 Å². The van der Waals surface area contributed by atoms with Gasteiger partial charge in [0.1, 0.15) is 0 Å². The standard InChI is InChI=1S/C18H19N/c1-14(15-5-3-2-4-6-15)17-8-7-16-9-11-19-12-10-18(16)13-17/h2-8,10,12-14,19H,9,11H2,1H3. The van der Waals surface area contributed by atoms with Crippen LogP contribution in [0.4, 0.5) is 0 Å². The Morgan fingerprint density at radius 1 is 1.00 bits per heavy atom. The SMILES string of the molecule is CC(c1ccccc1)c1ccc2c(c1)C=CNCC2. The van der Waals surface area contributed by atoms with Crippen LogP contribution < -0.4 is 5.32 Å². The van der Waals surface area contributed by atoms with E-state index in [1.807, 2.05) is 0 Å². The largest absolute Gasteiger partial charge is 0.391 e. The molecule has 0 radical (unpaired) electrons. The Morgan fingerprint density at radius 2 is 1.84 bits per heavy atom. The molecule has 1 unspecified atom stereocenters. The molecule has 96 valence electrons. The molecule has 1 heterocycles. The van der Waals surface area contributed by atoms with Gasteiger partial charge in [0, 0.05) is 12.5 Å². The fraction of sp³-hybridized carbons (Fsp3) is 0.222. The van der Waals surface area contributed by atoms with Gasteiger partial charge < -0.3 is 5.32 Å². The van der Waals surface area contributed by atoms with Crippen LogP contribution in [0.5, 0.6) is 0 Å². The lowest BCUT2D eigenvalue weighted by molar-refractivity contribution is 0.841. The average Bonchev–Trinajstić information content (AvgIpc) is 2.72. The maximum atomic E-state index is 3.29. The minimum absolute atomic E-state index is 0.441. The number of fused-ring (bicyclic) bond motifs is 1. The first-order valence-electron chi connectivity index (χ1n) is 6.92. The molecule has 3 rings (SSSR count). The van der Waals surface area contributed by atoms with E-state index < -0.39 is 0 Å². The first-order valence-corrected chi connectivity index (χ1v) is 6.92. The molecule has 0 bridgehead atoms. The van der Waals surface area contributed by atoms with Gasteiger partial charge in [-0.15, -0.1) is 0 Å². The summed E-state index contributed by atoms with van der Waals surface area (Å²) in [6.07, 6.45) is 5.34. The van der Waals surface area contributed by atoms with Crippen molar-refractivity contribution < 1.29 is 0 Å². The third kappa shape index (κ3) is 2.55. The number of hydrogen-bond acceptors (Lipinski definition) is 1. The normalized spacial score (nSPS) is 15.2. The van der Waals surface area contributed by atoms with Gasteiger partial charge in [0.25, 0.3) is 0 Å². The van der Waals surface area contributed by atoms with E-state index in [0.29, 0.717) is 5.92 Å². The quantitative estimate of drug-likeness (QED) is 0.849. The highest BCUT2D eigenvalue weighted by Crippen LogP contribution is 2.26. The van der Waals surface area contributed by atoms with Gasteiger partial charge in [0.05, 0.1) is 0 Å². The smallest absolute Gasteiger partial charge is 0.0182 e. The van der Waals surface area contributed by atoms with Crippen LogP contribution in [0, 0.1) is 0 Å². The Balaban J connectivity index is 1.95. The Morgan fingerprint density at radius 3 is 2.68 bits per heavy atom. The molecular formula is C18H19N. The van der Waals surface area contributed by atoms with Crippen molar-refractivity contribution in [3.63, 3.8) is 0 Å². The van der Waals surface area contributed by atoms with Crippen LogP contribution >= 0.6 is 0 Å². The fourth-order valence-electron chi connectivity index (χ4n) is 2.64. The van der Waals surface area contributed by atoms with E-state index in [2.05, 4.69) is 73.0 Å². The topological polar surface area (TPSA) is 12.0 Å². The van der Waals surface area contributed by atoms with E-state index in [9.17, 15) is 0 Å². The first-order chi connectivity index (χ1) is 9.34. The molecule has 0 saturated heterocycles. The van der Waals surface area contributed by atoms with Crippen molar-refractivity contribution in [3.05, 3.63) is 77.0 Å². The zero-order valence-corrected chi connectivity index (χ0v) is 11.3. The monoisotopic (exact) mass is 249 g/mol. The van der Waals surface area contributed by atoms with Gasteiger partial charge in [-0.2, -0.15) is 0 Å². The number of benzene rings is 2. The van der Waals surface area contributed by atoms with Crippen LogP contribution in [0.3, 0.4) is 0 Å². The molecule has 0 saturated carbocycles. The van der Waals surface area contributed by atoms with Gasteiger partial charge in [0.2, 0.25) is 0 Å². The second-order valence-electron chi connectivity index (χ2n) is 5.13. The molecule has 1 heteroatoms. The average molecular weight is 249 g/mol. The van der Waals surface area contributed by atoms with Crippen LogP contribution in [0.2, 0.25) is 0 Å². The molecule has 0 aromatic heterocycles. The summed E-state index contributed by atoms with van der Waals surface area (Å²) in [5.41, 5.74) is 5.55. The van der Waals surface area contributed by atoms with Gasteiger partial charge in [0.15, 0.2) is 0 Å². The maximum Gasteiger partial charge on any atom is 0.0182 e. The van der Waals surface area contributed by atoms with Crippen molar-refractivity contribution in [3.8, 4) is 0 Å². The van der Waals surface area contributed by atoms with Gasteiger partial charge in [-0.3, -0.25) is 0 Å². The molecule has 0 fully saturated rings. The highest BCUT2D eigenvalue weighted by Gasteiger charge is 2.10. The Bertz CT molecular complexity index is 584. The third-order valence-corrected chi connectivity index (χ3v) is 3.89. The van der Waals surface area contributed by atoms with Gasteiger partial charge >= 0.3 is 0 Å². The summed E-state index contributed by atoms with van der Waals surface area (Å²) in [7, 11) is 0. The van der Waals surface area contributed by atoms with E-state index in [-0.39, 0.29) is 0 Å². The highest BCUT2D eigenvalue weighted by molar-refractivity contribution is 5.56. The van der Waals surface area contributed by atoms with E-state index in [1.165, 1.54) is 22.3 Å². The Hall–Kier alpha value is -2.02. The van der Waals surface area contributed by atoms with E-state index in [1.54, 1.807) is 0 Å². The second-order valence-corrected chi connectivity index (χ2v) is 5.13. The van der Waals surface area contributed by atoms with Crippen molar-refractivity contribution in [1.82, 2.24) is 5.32 Å². The molecule has 0 aliphatic carbocycles. The predicted octanol–water partition coefficient (Wildman–Crippen LogP) is 3.95. The lowest BCUT2D eigenvalue weighted by atomic mass is 9.90. The molecule has 2 aromatic rings. The summed E-state index contributed by atoms with van der Waals surface area (Å²) in [6, 6.07) is 17.6. The highest BCUT2D eigenvalue weighted by atomic mass is 14.8. The third-order valence-electron chi connectivity index (χ3n) is 3.89. The van der Waals surface area contributed by atoms with Gasteiger partial charge in [-0.25, -0.2) is 0 Å². The molecule has 0 spiro atoms. The summed E-state index contributed by atoms with van der Waals surface area (Å²) in [4.78, 5) is 0. The molecule has 1 N–H and O–H groups in total. The van der Waals surface area contributed by atoms with Crippen LogP contribution in [0.15, 0.2) is 54.7 Å².